The van der Waals surface area contributed by atoms with Crippen molar-refractivity contribution in [3.63, 3.8) is 0 Å². The van der Waals surface area contributed by atoms with Gasteiger partial charge in [0.2, 0.25) is 5.91 Å². The van der Waals surface area contributed by atoms with E-state index in [4.69, 9.17) is 9.47 Å². The molecule has 2 N–H and O–H groups in total. The van der Waals surface area contributed by atoms with Crippen LogP contribution in [0.2, 0.25) is 0 Å². The van der Waals surface area contributed by atoms with Crippen molar-refractivity contribution in [3.05, 3.63) is 114 Å². The Morgan fingerprint density at radius 1 is 0.800 bits per heavy atom. The lowest BCUT2D eigenvalue weighted by Gasteiger charge is -2.31. The van der Waals surface area contributed by atoms with Gasteiger partial charge in [-0.25, -0.2) is 9.10 Å². The molecule has 7 nitrogen and oxygen atoms in total. The van der Waals surface area contributed by atoms with Gasteiger partial charge in [-0.3, -0.25) is 4.79 Å². The smallest absolute Gasteiger partial charge is 0.337 e. The summed E-state index contributed by atoms with van der Waals surface area (Å²) in [6.07, 6.45) is 2.27. The Kier molecular flexibility index (Phi) is 9.00. The lowest BCUT2D eigenvalue weighted by Crippen LogP contribution is -2.34. The third kappa shape index (κ3) is 7.65. The number of carboxylic acid groups (broad SMARTS) is 1. The number of hydrogen-bond acceptors (Lipinski definition) is 6. The number of ether oxygens (including phenoxy) is 2. The number of anilines is 1. The topological polar surface area (TPSA) is 88.1 Å². The summed E-state index contributed by atoms with van der Waals surface area (Å²) >= 11 is 1.80. The summed E-state index contributed by atoms with van der Waals surface area (Å²) in [5.74, 6) is 0.788. The fourth-order valence-electron chi connectivity index (χ4n) is 4.42. The van der Waals surface area contributed by atoms with Gasteiger partial charge in [0.05, 0.1) is 17.7 Å². The first-order chi connectivity index (χ1) is 19.5. The highest BCUT2D eigenvalue weighted by Gasteiger charge is 2.21. The number of piperidine rings is 1. The molecule has 0 spiro atoms. The highest BCUT2D eigenvalue weighted by molar-refractivity contribution is 7.97. The lowest BCUT2D eigenvalue weighted by atomic mass is 10.1. The van der Waals surface area contributed by atoms with Gasteiger partial charge >= 0.3 is 5.97 Å². The Hall–Kier alpha value is -4.27. The highest BCUT2D eigenvalue weighted by atomic mass is 32.2. The van der Waals surface area contributed by atoms with Crippen LogP contribution in [-0.4, -0.2) is 40.5 Å². The molecule has 1 heterocycles. The summed E-state index contributed by atoms with van der Waals surface area (Å²) in [6, 6.07) is 31.6. The summed E-state index contributed by atoms with van der Waals surface area (Å²) in [5, 5.41) is 12.0. The van der Waals surface area contributed by atoms with Crippen LogP contribution in [0.5, 0.6) is 17.2 Å². The van der Waals surface area contributed by atoms with E-state index in [0.29, 0.717) is 11.5 Å². The number of benzene rings is 4. The maximum Gasteiger partial charge on any atom is 0.337 e. The monoisotopic (exact) mass is 554 g/mol. The fraction of sp³-hybridized carbons (Fsp3) is 0.188. The summed E-state index contributed by atoms with van der Waals surface area (Å²) in [5.41, 5.74) is 1.12. The molecule has 0 atom stereocenters. The maximum absolute atomic E-state index is 12.4. The number of carboxylic acids is 1. The molecule has 0 aromatic heterocycles. The van der Waals surface area contributed by atoms with Crippen LogP contribution in [0.1, 0.15) is 28.8 Å². The SMILES string of the molecule is O=C(Cc1ccc(Oc2ccc(OC3CCN(Sc4ccccc4)CC3)cc2)cc1)Nc1ccccc1C(=O)O. The molecule has 4 aromatic rings. The van der Waals surface area contributed by atoms with Gasteiger partial charge in [-0.2, -0.15) is 0 Å². The highest BCUT2D eigenvalue weighted by Crippen LogP contribution is 2.29. The standard InChI is InChI=1S/C32H30N2O5S/c35-31(33-30-9-5-4-8-29(30)32(36)37)22-23-10-12-24(13-11-23)38-25-14-16-26(17-15-25)39-27-18-20-34(21-19-27)40-28-6-2-1-3-7-28/h1-17,27H,18-22H2,(H,33,35)(H,36,37). The second-order valence-electron chi connectivity index (χ2n) is 9.44. The maximum atomic E-state index is 12.4. The number of carbonyl (C=O) groups is 2. The summed E-state index contributed by atoms with van der Waals surface area (Å²) in [4.78, 5) is 25.1. The van der Waals surface area contributed by atoms with Crippen LogP contribution < -0.4 is 14.8 Å². The molecule has 40 heavy (non-hydrogen) atoms. The Bertz CT molecular complexity index is 1420. The van der Waals surface area contributed by atoms with Crippen LogP contribution in [0.25, 0.3) is 0 Å². The zero-order valence-corrected chi connectivity index (χ0v) is 22.7. The molecule has 0 unspecified atom stereocenters. The Morgan fingerprint density at radius 2 is 1.40 bits per heavy atom. The van der Waals surface area contributed by atoms with Crippen molar-refractivity contribution in [1.29, 1.82) is 0 Å². The minimum atomic E-state index is -1.09. The van der Waals surface area contributed by atoms with Gasteiger partial charge in [0, 0.05) is 18.0 Å². The molecule has 4 aromatic carbocycles. The van der Waals surface area contributed by atoms with Gasteiger partial charge in [-0.15, -0.1) is 0 Å². The molecule has 1 aliphatic heterocycles. The number of nitrogens with one attached hydrogen (secondary N) is 1. The van der Waals surface area contributed by atoms with E-state index in [1.807, 2.05) is 42.5 Å². The van der Waals surface area contributed by atoms with E-state index in [1.165, 1.54) is 11.0 Å². The van der Waals surface area contributed by atoms with Crippen LogP contribution in [0.3, 0.4) is 0 Å². The van der Waals surface area contributed by atoms with Crippen molar-refractivity contribution in [2.24, 2.45) is 0 Å². The van der Waals surface area contributed by atoms with Crippen molar-refractivity contribution in [1.82, 2.24) is 4.31 Å². The first-order valence-electron chi connectivity index (χ1n) is 13.2. The van der Waals surface area contributed by atoms with Gasteiger partial charge in [0.1, 0.15) is 23.4 Å². The molecule has 5 rings (SSSR count). The number of para-hydroxylation sites is 1. The Morgan fingerprint density at radius 3 is 2.08 bits per heavy atom. The van der Waals surface area contributed by atoms with Gasteiger partial charge in [-0.05, 0) is 91.0 Å². The van der Waals surface area contributed by atoms with Gasteiger partial charge in [-0.1, -0.05) is 42.5 Å². The first kappa shape index (κ1) is 27.3. The van der Waals surface area contributed by atoms with Crippen molar-refractivity contribution in [3.8, 4) is 17.2 Å². The van der Waals surface area contributed by atoms with Crippen LogP contribution >= 0.6 is 11.9 Å². The molecule has 1 aliphatic rings. The number of hydrogen-bond donors (Lipinski definition) is 2. The van der Waals surface area contributed by atoms with Gasteiger partial charge in [0.25, 0.3) is 0 Å². The number of aromatic carboxylic acids is 1. The molecular formula is C32H30N2O5S. The van der Waals surface area contributed by atoms with E-state index >= 15 is 0 Å². The van der Waals surface area contributed by atoms with E-state index in [2.05, 4.69) is 33.9 Å². The van der Waals surface area contributed by atoms with Crippen molar-refractivity contribution >= 4 is 29.5 Å². The van der Waals surface area contributed by atoms with Crippen LogP contribution in [-0.2, 0) is 11.2 Å². The van der Waals surface area contributed by atoms with Crippen molar-refractivity contribution < 1.29 is 24.2 Å². The molecule has 0 aliphatic carbocycles. The predicted molar refractivity (Wildman–Crippen MR) is 156 cm³/mol. The molecule has 0 saturated carbocycles. The van der Waals surface area contributed by atoms with Crippen LogP contribution in [0.15, 0.2) is 108 Å². The summed E-state index contributed by atoms with van der Waals surface area (Å²) < 4.78 is 14.6. The Balaban J connectivity index is 1.07. The van der Waals surface area contributed by atoms with E-state index in [9.17, 15) is 14.7 Å². The largest absolute Gasteiger partial charge is 0.490 e. The molecule has 204 valence electrons. The minimum absolute atomic E-state index is 0.0549. The second kappa shape index (κ2) is 13.2. The quantitative estimate of drug-likeness (QED) is 0.206. The number of amides is 1. The van der Waals surface area contributed by atoms with Gasteiger partial charge < -0.3 is 19.9 Å². The number of rotatable bonds is 10. The van der Waals surface area contributed by atoms with Crippen LogP contribution in [0.4, 0.5) is 5.69 Å². The number of carbonyl (C=O) groups excluding carboxylic acids is 1. The molecule has 0 radical (unpaired) electrons. The molecule has 0 bridgehead atoms. The Labute approximate surface area is 237 Å². The number of nitrogens with zero attached hydrogens (tertiary/aromatic N) is 1. The molecule has 1 amide bonds. The average Bonchev–Trinajstić information content (AvgIpc) is 2.97. The third-order valence-corrected chi connectivity index (χ3v) is 7.57. The first-order valence-corrected chi connectivity index (χ1v) is 13.9. The summed E-state index contributed by atoms with van der Waals surface area (Å²) in [7, 11) is 0. The zero-order valence-electron chi connectivity index (χ0n) is 21.9. The molecular weight excluding hydrogens is 524 g/mol. The lowest BCUT2D eigenvalue weighted by molar-refractivity contribution is -0.115. The normalized spacial score (nSPS) is 13.9. The van der Waals surface area contributed by atoms with Crippen LogP contribution in [0, 0.1) is 0 Å². The van der Waals surface area contributed by atoms with E-state index in [-0.39, 0.29) is 29.7 Å². The predicted octanol–water partition coefficient (Wildman–Crippen LogP) is 6.91. The van der Waals surface area contributed by atoms with Crippen molar-refractivity contribution in [2.45, 2.75) is 30.3 Å². The van der Waals surface area contributed by atoms with E-state index < -0.39 is 5.97 Å². The van der Waals surface area contributed by atoms with Gasteiger partial charge in [0.15, 0.2) is 0 Å². The van der Waals surface area contributed by atoms with E-state index in [1.54, 1.807) is 42.3 Å². The summed E-state index contributed by atoms with van der Waals surface area (Å²) in [6.45, 7) is 1.97. The molecule has 1 fully saturated rings. The molecule has 8 heteroatoms. The molecule has 1 saturated heterocycles. The average molecular weight is 555 g/mol. The van der Waals surface area contributed by atoms with Crippen molar-refractivity contribution in [2.75, 3.05) is 18.4 Å². The second-order valence-corrected chi connectivity index (χ2v) is 10.6. The third-order valence-electron chi connectivity index (χ3n) is 6.46. The van der Waals surface area contributed by atoms with E-state index in [0.717, 1.165) is 37.2 Å². The zero-order chi connectivity index (χ0) is 27.7. The minimum Gasteiger partial charge on any atom is -0.490 e. The fourth-order valence-corrected chi connectivity index (χ4v) is 5.39.